The fourth-order valence-electron chi connectivity index (χ4n) is 3.48. The molecule has 4 rings (SSSR count). The molecule has 0 bridgehead atoms. The van der Waals surface area contributed by atoms with Gasteiger partial charge in [-0.1, -0.05) is 30.5 Å². The summed E-state index contributed by atoms with van der Waals surface area (Å²) < 4.78 is 33.1. The molecule has 168 valence electrons. The Labute approximate surface area is 190 Å². The van der Waals surface area contributed by atoms with Gasteiger partial charge in [-0.25, -0.2) is 8.42 Å². The molecule has 0 unspecified atom stereocenters. The van der Waals surface area contributed by atoms with Gasteiger partial charge in [-0.3, -0.25) is 10.1 Å². The van der Waals surface area contributed by atoms with Crippen molar-refractivity contribution in [1.82, 2.24) is 14.5 Å². The molecule has 3 aromatic rings. The van der Waals surface area contributed by atoms with E-state index < -0.39 is 14.9 Å². The van der Waals surface area contributed by atoms with E-state index >= 15 is 0 Å². The van der Waals surface area contributed by atoms with E-state index in [2.05, 4.69) is 10.2 Å². The van der Waals surface area contributed by atoms with E-state index in [1.807, 2.05) is 31.2 Å². The number of aryl methyl sites for hydroxylation is 1. The Morgan fingerprint density at radius 1 is 1.03 bits per heavy atom. The minimum absolute atomic E-state index is 0.0821. The Morgan fingerprint density at radius 2 is 1.72 bits per heavy atom. The quantitative estimate of drug-likeness (QED) is 0.373. The van der Waals surface area contributed by atoms with E-state index in [1.165, 1.54) is 16.4 Å². The van der Waals surface area contributed by atoms with Crippen molar-refractivity contribution in [3.05, 3.63) is 58.1 Å². The molecule has 1 saturated heterocycles. The van der Waals surface area contributed by atoms with Crippen LogP contribution in [-0.2, 0) is 10.0 Å². The Morgan fingerprint density at radius 3 is 2.38 bits per heavy atom. The van der Waals surface area contributed by atoms with Crippen molar-refractivity contribution in [2.45, 2.75) is 47.6 Å². The van der Waals surface area contributed by atoms with Crippen LogP contribution >= 0.6 is 11.8 Å². The van der Waals surface area contributed by atoms with Gasteiger partial charge in [-0.15, -0.1) is 10.2 Å². The van der Waals surface area contributed by atoms with Gasteiger partial charge >= 0.3 is 0 Å². The largest absolute Gasteiger partial charge is 0.411 e. The van der Waals surface area contributed by atoms with Crippen molar-refractivity contribution >= 4 is 27.5 Å². The van der Waals surface area contributed by atoms with Crippen molar-refractivity contribution in [1.29, 1.82) is 0 Å². The highest BCUT2D eigenvalue weighted by Crippen LogP contribution is 2.37. The molecule has 0 amide bonds. The number of nitrogens with zero attached hydrogens (tertiary/aromatic N) is 4. The number of nitro groups is 1. The van der Waals surface area contributed by atoms with Gasteiger partial charge in [-0.2, -0.15) is 4.31 Å². The van der Waals surface area contributed by atoms with Crippen LogP contribution in [0.3, 0.4) is 0 Å². The summed E-state index contributed by atoms with van der Waals surface area (Å²) in [7, 11) is -3.80. The van der Waals surface area contributed by atoms with E-state index in [-0.39, 0.29) is 20.7 Å². The molecular formula is C21H22N4O5S2. The van der Waals surface area contributed by atoms with Crippen LogP contribution in [0.1, 0.15) is 31.2 Å². The molecule has 0 saturated carbocycles. The maximum Gasteiger partial charge on any atom is 0.284 e. The van der Waals surface area contributed by atoms with Gasteiger partial charge in [0.1, 0.15) is 0 Å². The second-order valence-electron chi connectivity index (χ2n) is 7.55. The number of benzene rings is 2. The topological polar surface area (TPSA) is 119 Å². The van der Waals surface area contributed by atoms with Gasteiger partial charge in [0.2, 0.25) is 15.9 Å². The average molecular weight is 475 g/mol. The fourth-order valence-corrected chi connectivity index (χ4v) is 5.78. The third-order valence-electron chi connectivity index (χ3n) is 5.23. The summed E-state index contributed by atoms with van der Waals surface area (Å²) in [5.74, 6) is 0.301. The van der Waals surface area contributed by atoms with Crippen molar-refractivity contribution in [3.63, 3.8) is 0 Å². The summed E-state index contributed by atoms with van der Waals surface area (Å²) in [5.41, 5.74) is 1.51. The predicted molar refractivity (Wildman–Crippen MR) is 119 cm³/mol. The molecule has 0 radical (unpaired) electrons. The predicted octanol–water partition coefficient (Wildman–Crippen LogP) is 4.67. The monoisotopic (exact) mass is 474 g/mol. The molecule has 1 fully saturated rings. The lowest BCUT2D eigenvalue weighted by Crippen LogP contribution is -2.31. The Bertz CT molecular complexity index is 1220. The number of sulfonamides is 1. The third-order valence-corrected chi connectivity index (χ3v) is 8.03. The summed E-state index contributed by atoms with van der Waals surface area (Å²) in [5, 5.41) is 19.8. The minimum atomic E-state index is -3.80. The van der Waals surface area contributed by atoms with Crippen molar-refractivity contribution < 1.29 is 17.8 Å². The Balaban J connectivity index is 1.60. The van der Waals surface area contributed by atoms with Crippen LogP contribution in [0.15, 0.2) is 61.9 Å². The SMILES string of the molecule is Cc1ccc(-c2nnc(Sc3ccc(S(=O)(=O)N4CCCCCC4)cc3[N+](=O)[O-])o2)cc1. The van der Waals surface area contributed by atoms with Gasteiger partial charge in [0.25, 0.3) is 10.9 Å². The van der Waals surface area contributed by atoms with E-state index in [1.54, 1.807) is 0 Å². The first-order valence-electron chi connectivity index (χ1n) is 10.2. The zero-order valence-electron chi connectivity index (χ0n) is 17.4. The molecule has 1 aliphatic heterocycles. The lowest BCUT2D eigenvalue weighted by Gasteiger charge is -2.19. The zero-order valence-corrected chi connectivity index (χ0v) is 19.1. The van der Waals surface area contributed by atoms with Gasteiger partial charge in [0, 0.05) is 24.7 Å². The number of hydrogen-bond donors (Lipinski definition) is 0. The van der Waals surface area contributed by atoms with Crippen molar-refractivity contribution in [2.24, 2.45) is 0 Å². The van der Waals surface area contributed by atoms with Crippen LogP contribution in [0, 0.1) is 17.0 Å². The number of rotatable bonds is 6. The smallest absolute Gasteiger partial charge is 0.284 e. The number of hydrogen-bond acceptors (Lipinski definition) is 8. The van der Waals surface area contributed by atoms with Crippen LogP contribution < -0.4 is 0 Å². The number of aromatic nitrogens is 2. The molecule has 11 heteroatoms. The van der Waals surface area contributed by atoms with Crippen LogP contribution in [0.4, 0.5) is 5.69 Å². The first kappa shape index (κ1) is 22.4. The minimum Gasteiger partial charge on any atom is -0.411 e. The highest BCUT2D eigenvalue weighted by Gasteiger charge is 2.28. The van der Waals surface area contributed by atoms with Gasteiger partial charge in [0.05, 0.1) is 14.7 Å². The second-order valence-corrected chi connectivity index (χ2v) is 10.5. The zero-order chi connectivity index (χ0) is 22.7. The maximum atomic E-state index is 13.0. The van der Waals surface area contributed by atoms with E-state index in [4.69, 9.17) is 4.42 Å². The molecule has 0 atom stereocenters. The fraction of sp³-hybridized carbons (Fsp3) is 0.333. The molecule has 1 aromatic heterocycles. The summed E-state index contributed by atoms with van der Waals surface area (Å²) in [6.45, 7) is 2.82. The molecule has 0 spiro atoms. The third kappa shape index (κ3) is 4.84. The number of nitro benzene ring substituents is 1. The Kier molecular flexibility index (Phi) is 6.58. The molecule has 32 heavy (non-hydrogen) atoms. The van der Waals surface area contributed by atoms with Crippen LogP contribution in [0.25, 0.3) is 11.5 Å². The van der Waals surface area contributed by atoms with Gasteiger partial charge < -0.3 is 4.42 Å². The van der Waals surface area contributed by atoms with Crippen LogP contribution in [0.2, 0.25) is 0 Å². The molecular weight excluding hydrogens is 452 g/mol. The second kappa shape index (κ2) is 9.39. The van der Waals surface area contributed by atoms with Crippen LogP contribution in [0.5, 0.6) is 0 Å². The average Bonchev–Trinajstić information content (AvgIpc) is 3.05. The van der Waals surface area contributed by atoms with E-state index in [0.29, 0.717) is 19.0 Å². The molecule has 1 aliphatic rings. The molecule has 0 N–H and O–H groups in total. The molecule has 0 aliphatic carbocycles. The van der Waals surface area contributed by atoms with Crippen molar-refractivity contribution in [3.8, 4) is 11.5 Å². The normalized spacial score (nSPS) is 15.4. The standard InChI is InChI=1S/C21H22N4O5S2/c1-15-6-8-16(9-7-15)20-22-23-21(30-20)31-19-11-10-17(14-18(19)25(26)27)32(28,29)24-12-4-2-3-5-13-24/h6-11,14H,2-5,12-13H2,1H3. The van der Waals surface area contributed by atoms with Gasteiger partial charge in [0.15, 0.2) is 0 Å². The van der Waals surface area contributed by atoms with E-state index in [9.17, 15) is 18.5 Å². The molecule has 2 heterocycles. The van der Waals surface area contributed by atoms with E-state index in [0.717, 1.165) is 54.6 Å². The summed E-state index contributed by atoms with van der Waals surface area (Å²) >= 11 is 0.929. The summed E-state index contributed by atoms with van der Waals surface area (Å²) in [6.07, 6.45) is 3.54. The summed E-state index contributed by atoms with van der Waals surface area (Å²) in [6, 6.07) is 11.5. The lowest BCUT2D eigenvalue weighted by molar-refractivity contribution is -0.388. The first-order chi connectivity index (χ1) is 15.3. The Hall–Kier alpha value is -2.76. The lowest BCUT2D eigenvalue weighted by atomic mass is 10.1. The first-order valence-corrected chi connectivity index (χ1v) is 12.5. The van der Waals surface area contributed by atoms with Crippen LogP contribution in [-0.4, -0.2) is 40.9 Å². The maximum absolute atomic E-state index is 13.0. The molecule has 2 aromatic carbocycles. The molecule has 9 nitrogen and oxygen atoms in total. The highest BCUT2D eigenvalue weighted by molar-refractivity contribution is 7.99. The highest BCUT2D eigenvalue weighted by atomic mass is 32.2. The van der Waals surface area contributed by atoms with Gasteiger partial charge in [-0.05, 0) is 55.8 Å². The summed E-state index contributed by atoms with van der Waals surface area (Å²) in [4.78, 5) is 11.2. The van der Waals surface area contributed by atoms with Crippen molar-refractivity contribution in [2.75, 3.05) is 13.1 Å².